The van der Waals surface area contributed by atoms with Crippen LogP contribution in [0.5, 0.6) is 11.6 Å². The van der Waals surface area contributed by atoms with Crippen molar-refractivity contribution in [2.24, 2.45) is 0 Å². The summed E-state index contributed by atoms with van der Waals surface area (Å²) in [7, 11) is 0. The molecule has 4 aromatic rings. The number of pyridine rings is 1. The van der Waals surface area contributed by atoms with E-state index in [4.69, 9.17) is 9.84 Å². The van der Waals surface area contributed by atoms with Crippen molar-refractivity contribution < 1.29 is 14.6 Å². The number of benzene rings is 2. The Hall–Kier alpha value is -4.73. The standard InChI is InChI=1S/C26H25N5O5/c1-4-30-25(34)29-24(31(26(30)35)15-18-10-8-16(2)9-11-18)27-19-12-13-21(17(3)14-19)36-22-7-5-6-20(28-22)23(32)33/h5-14H,4,15H2,1-3H3,(H,32,33)(H,27,29,34). The third kappa shape index (κ3) is 5.33. The molecule has 0 atom stereocenters. The first-order valence-electron chi connectivity index (χ1n) is 11.3. The summed E-state index contributed by atoms with van der Waals surface area (Å²) in [6.45, 7) is 5.96. The molecule has 0 fully saturated rings. The van der Waals surface area contributed by atoms with Gasteiger partial charge >= 0.3 is 17.3 Å². The minimum absolute atomic E-state index is 0.122. The van der Waals surface area contributed by atoms with Crippen LogP contribution in [0.2, 0.25) is 0 Å². The number of aryl methyl sites for hydroxylation is 2. The van der Waals surface area contributed by atoms with Gasteiger partial charge in [0.15, 0.2) is 5.69 Å². The number of aromatic carboxylic acids is 1. The minimum atomic E-state index is -1.15. The van der Waals surface area contributed by atoms with Gasteiger partial charge in [-0.05, 0) is 56.2 Å². The van der Waals surface area contributed by atoms with Gasteiger partial charge in [0.1, 0.15) is 5.75 Å². The number of anilines is 2. The zero-order valence-corrected chi connectivity index (χ0v) is 20.1. The lowest BCUT2D eigenvalue weighted by Crippen LogP contribution is -2.42. The lowest BCUT2D eigenvalue weighted by molar-refractivity contribution is 0.0689. The quantitative estimate of drug-likeness (QED) is 0.385. The van der Waals surface area contributed by atoms with E-state index >= 15 is 0 Å². The molecule has 2 aromatic carbocycles. The molecule has 0 radical (unpaired) electrons. The van der Waals surface area contributed by atoms with Crippen LogP contribution in [0.15, 0.2) is 70.3 Å². The van der Waals surface area contributed by atoms with Gasteiger partial charge in [-0.25, -0.2) is 23.9 Å². The van der Waals surface area contributed by atoms with Crippen LogP contribution in [0.4, 0.5) is 11.6 Å². The molecule has 0 aliphatic carbocycles. The fourth-order valence-corrected chi connectivity index (χ4v) is 3.59. The monoisotopic (exact) mass is 487 g/mol. The molecule has 2 heterocycles. The normalized spacial score (nSPS) is 10.8. The molecular weight excluding hydrogens is 462 g/mol. The zero-order valence-electron chi connectivity index (χ0n) is 20.1. The summed E-state index contributed by atoms with van der Waals surface area (Å²) < 4.78 is 8.27. The Morgan fingerprint density at radius 3 is 2.42 bits per heavy atom. The molecule has 0 bridgehead atoms. The highest BCUT2D eigenvalue weighted by atomic mass is 16.5. The number of hydrogen-bond donors (Lipinski definition) is 2. The van der Waals surface area contributed by atoms with Gasteiger partial charge < -0.3 is 15.2 Å². The van der Waals surface area contributed by atoms with Gasteiger partial charge in [0.2, 0.25) is 11.8 Å². The Labute approximate surface area is 206 Å². The lowest BCUT2D eigenvalue weighted by atomic mass is 10.1. The maximum absolute atomic E-state index is 13.1. The molecule has 0 saturated carbocycles. The van der Waals surface area contributed by atoms with Crippen LogP contribution in [0.25, 0.3) is 0 Å². The number of hydrogen-bond acceptors (Lipinski definition) is 7. The number of carboxylic acid groups (broad SMARTS) is 1. The van der Waals surface area contributed by atoms with Crippen molar-refractivity contribution in [2.45, 2.75) is 33.9 Å². The molecule has 184 valence electrons. The summed E-state index contributed by atoms with van der Waals surface area (Å²) in [5.74, 6) is -0.400. The summed E-state index contributed by atoms with van der Waals surface area (Å²) in [4.78, 5) is 44.8. The number of aromatic nitrogens is 4. The Kier molecular flexibility index (Phi) is 6.95. The topological polar surface area (TPSA) is 128 Å². The third-order valence-electron chi connectivity index (χ3n) is 5.52. The molecule has 2 N–H and O–H groups in total. The predicted octanol–water partition coefficient (Wildman–Crippen LogP) is 3.72. The fraction of sp³-hybridized carbons (Fsp3) is 0.192. The molecule has 10 nitrogen and oxygen atoms in total. The van der Waals surface area contributed by atoms with Crippen molar-refractivity contribution in [1.82, 2.24) is 19.1 Å². The third-order valence-corrected chi connectivity index (χ3v) is 5.52. The van der Waals surface area contributed by atoms with Gasteiger partial charge in [0, 0.05) is 18.3 Å². The van der Waals surface area contributed by atoms with Crippen LogP contribution in [-0.2, 0) is 13.1 Å². The fourth-order valence-electron chi connectivity index (χ4n) is 3.59. The summed E-state index contributed by atoms with van der Waals surface area (Å²) in [6, 6.07) is 17.4. The predicted molar refractivity (Wildman–Crippen MR) is 134 cm³/mol. The van der Waals surface area contributed by atoms with Crippen molar-refractivity contribution >= 4 is 17.6 Å². The molecule has 0 aliphatic heterocycles. The summed E-state index contributed by atoms with van der Waals surface area (Å²) >= 11 is 0. The minimum Gasteiger partial charge on any atom is -0.477 e. The molecule has 0 spiro atoms. The van der Waals surface area contributed by atoms with E-state index in [0.717, 1.165) is 21.3 Å². The highest BCUT2D eigenvalue weighted by molar-refractivity contribution is 5.85. The average Bonchev–Trinajstić information content (AvgIpc) is 2.85. The Bertz CT molecular complexity index is 1540. The molecule has 0 unspecified atom stereocenters. The van der Waals surface area contributed by atoms with E-state index in [0.29, 0.717) is 11.4 Å². The van der Waals surface area contributed by atoms with E-state index in [-0.39, 0.29) is 30.6 Å². The van der Waals surface area contributed by atoms with Gasteiger partial charge in [-0.15, -0.1) is 0 Å². The van der Waals surface area contributed by atoms with Crippen LogP contribution in [0.1, 0.15) is 34.1 Å². The van der Waals surface area contributed by atoms with E-state index in [2.05, 4.69) is 15.3 Å². The van der Waals surface area contributed by atoms with Gasteiger partial charge in [-0.1, -0.05) is 35.9 Å². The molecular formula is C26H25N5O5. The van der Waals surface area contributed by atoms with Crippen molar-refractivity contribution in [3.63, 3.8) is 0 Å². The van der Waals surface area contributed by atoms with Crippen molar-refractivity contribution in [1.29, 1.82) is 0 Å². The molecule has 0 amide bonds. The van der Waals surface area contributed by atoms with E-state index in [9.17, 15) is 14.4 Å². The van der Waals surface area contributed by atoms with Gasteiger partial charge in [0.05, 0.1) is 6.54 Å². The number of ether oxygens (including phenoxy) is 1. The van der Waals surface area contributed by atoms with Crippen LogP contribution in [-0.4, -0.2) is 30.2 Å². The highest BCUT2D eigenvalue weighted by Gasteiger charge is 2.14. The average molecular weight is 488 g/mol. The van der Waals surface area contributed by atoms with Crippen LogP contribution >= 0.6 is 0 Å². The van der Waals surface area contributed by atoms with Crippen molar-refractivity contribution in [3.05, 3.63) is 104 Å². The molecule has 0 aliphatic rings. The second-order valence-electron chi connectivity index (χ2n) is 8.19. The van der Waals surface area contributed by atoms with Crippen LogP contribution in [0, 0.1) is 13.8 Å². The smallest absolute Gasteiger partial charge is 0.354 e. The van der Waals surface area contributed by atoms with Gasteiger partial charge in [0.25, 0.3) is 0 Å². The van der Waals surface area contributed by atoms with E-state index in [1.54, 1.807) is 37.3 Å². The van der Waals surface area contributed by atoms with Crippen molar-refractivity contribution in [2.75, 3.05) is 5.32 Å². The number of nitrogens with zero attached hydrogens (tertiary/aromatic N) is 4. The Morgan fingerprint density at radius 2 is 1.75 bits per heavy atom. The second-order valence-corrected chi connectivity index (χ2v) is 8.19. The molecule has 0 saturated heterocycles. The Balaban J connectivity index is 1.64. The maximum Gasteiger partial charge on any atom is 0.354 e. The summed E-state index contributed by atoms with van der Waals surface area (Å²) in [5.41, 5.74) is 2.09. The molecule has 36 heavy (non-hydrogen) atoms. The maximum atomic E-state index is 13.1. The van der Waals surface area contributed by atoms with Crippen LogP contribution < -0.4 is 21.4 Å². The largest absolute Gasteiger partial charge is 0.477 e. The van der Waals surface area contributed by atoms with E-state index in [1.807, 2.05) is 38.1 Å². The summed E-state index contributed by atoms with van der Waals surface area (Å²) in [5, 5.41) is 12.2. The first-order valence-corrected chi connectivity index (χ1v) is 11.3. The van der Waals surface area contributed by atoms with Gasteiger partial charge in [-0.2, -0.15) is 4.98 Å². The molecule has 4 rings (SSSR count). The van der Waals surface area contributed by atoms with E-state index < -0.39 is 17.3 Å². The SMILES string of the molecule is CCn1c(=O)nc(Nc2ccc(Oc3cccc(C(=O)O)n3)c(C)c2)n(Cc2ccc(C)cc2)c1=O. The first-order chi connectivity index (χ1) is 17.2. The number of carbonyl (C=O) groups is 1. The molecule has 2 aromatic heterocycles. The second kappa shape index (κ2) is 10.3. The Morgan fingerprint density at radius 1 is 1.00 bits per heavy atom. The van der Waals surface area contributed by atoms with E-state index in [1.165, 1.54) is 10.6 Å². The number of rotatable bonds is 8. The first kappa shape index (κ1) is 24.4. The highest BCUT2D eigenvalue weighted by Crippen LogP contribution is 2.27. The number of carboxylic acids is 1. The van der Waals surface area contributed by atoms with Crippen molar-refractivity contribution in [3.8, 4) is 11.6 Å². The lowest BCUT2D eigenvalue weighted by Gasteiger charge is -2.16. The molecule has 10 heteroatoms. The summed E-state index contributed by atoms with van der Waals surface area (Å²) in [6.07, 6.45) is 0. The number of nitrogens with one attached hydrogen (secondary N) is 1. The van der Waals surface area contributed by atoms with Gasteiger partial charge in [-0.3, -0.25) is 4.57 Å². The zero-order chi connectivity index (χ0) is 25.8. The van der Waals surface area contributed by atoms with Crippen LogP contribution in [0.3, 0.4) is 0 Å².